The second kappa shape index (κ2) is 6.31. The average Bonchev–Trinajstić information content (AvgIpc) is 2.52. The molecule has 0 nitrogen and oxygen atoms in total. The summed E-state index contributed by atoms with van der Waals surface area (Å²) in [5.74, 6) is 1.05. The molecule has 2 aromatic carbocycles. The molecule has 0 aromatic heterocycles. The molecule has 0 unspecified atom stereocenters. The van der Waals surface area contributed by atoms with Gasteiger partial charge >= 0.3 is 0 Å². The van der Waals surface area contributed by atoms with Gasteiger partial charge in [-0.2, -0.15) is 0 Å². The standard InChI is InChI=1S/C19H18Cl2S/c1-13-11-19(22-12-14(13)2,15-3-7-17(20)8-4-15)16-5-9-18(21)10-6-16/h3-10H,11-12H2,1-2H3. The highest BCUT2D eigenvalue weighted by Gasteiger charge is 2.37. The number of allylic oxidation sites excluding steroid dienone is 1. The van der Waals surface area contributed by atoms with Crippen molar-refractivity contribution in [1.82, 2.24) is 0 Å². The molecule has 0 N–H and O–H groups in total. The zero-order chi connectivity index (χ0) is 15.7. The van der Waals surface area contributed by atoms with E-state index in [1.54, 1.807) is 0 Å². The molecule has 1 aliphatic rings. The van der Waals surface area contributed by atoms with E-state index in [4.69, 9.17) is 23.2 Å². The Labute approximate surface area is 146 Å². The van der Waals surface area contributed by atoms with Gasteiger partial charge in [0.1, 0.15) is 0 Å². The topological polar surface area (TPSA) is 0 Å². The molecule has 2 aromatic rings. The fourth-order valence-electron chi connectivity index (χ4n) is 2.91. The van der Waals surface area contributed by atoms with Crippen LogP contribution in [0.5, 0.6) is 0 Å². The minimum Gasteiger partial charge on any atom is -0.141 e. The van der Waals surface area contributed by atoms with Crippen LogP contribution in [0.3, 0.4) is 0 Å². The molecular weight excluding hydrogens is 331 g/mol. The smallest absolute Gasteiger partial charge is 0.0697 e. The molecule has 1 heterocycles. The summed E-state index contributed by atoms with van der Waals surface area (Å²) in [5.41, 5.74) is 5.57. The second-order valence-electron chi connectivity index (χ2n) is 5.87. The molecule has 3 rings (SSSR count). The molecule has 0 radical (unpaired) electrons. The van der Waals surface area contributed by atoms with Crippen molar-refractivity contribution in [2.45, 2.75) is 25.0 Å². The van der Waals surface area contributed by atoms with Gasteiger partial charge in [0.2, 0.25) is 0 Å². The van der Waals surface area contributed by atoms with E-state index in [9.17, 15) is 0 Å². The Hall–Kier alpha value is -0.890. The number of hydrogen-bond donors (Lipinski definition) is 0. The molecule has 0 fully saturated rings. The van der Waals surface area contributed by atoms with Gasteiger partial charge in [0.05, 0.1) is 4.75 Å². The summed E-state index contributed by atoms with van der Waals surface area (Å²) in [4.78, 5) is 0. The SMILES string of the molecule is CC1=C(C)CC(c2ccc(Cl)cc2)(c2ccc(Cl)cc2)SC1. The second-order valence-corrected chi connectivity index (χ2v) is 8.01. The molecule has 0 saturated carbocycles. The average molecular weight is 349 g/mol. The molecule has 22 heavy (non-hydrogen) atoms. The Morgan fingerprint density at radius 3 is 1.64 bits per heavy atom. The molecule has 1 aliphatic heterocycles. The summed E-state index contributed by atoms with van der Waals surface area (Å²) in [6.07, 6.45) is 1.02. The monoisotopic (exact) mass is 348 g/mol. The molecule has 0 atom stereocenters. The highest BCUT2D eigenvalue weighted by atomic mass is 35.5. The largest absolute Gasteiger partial charge is 0.141 e. The van der Waals surface area contributed by atoms with Crippen LogP contribution < -0.4 is 0 Å². The van der Waals surface area contributed by atoms with Crippen molar-refractivity contribution >= 4 is 35.0 Å². The Morgan fingerprint density at radius 1 is 0.773 bits per heavy atom. The van der Waals surface area contributed by atoms with Crippen molar-refractivity contribution < 1.29 is 0 Å². The summed E-state index contributed by atoms with van der Waals surface area (Å²) in [5, 5.41) is 1.55. The maximum Gasteiger partial charge on any atom is 0.0697 e. The quantitative estimate of drug-likeness (QED) is 0.543. The lowest BCUT2D eigenvalue weighted by Gasteiger charge is -2.39. The van der Waals surface area contributed by atoms with Gasteiger partial charge in [-0.3, -0.25) is 0 Å². The Morgan fingerprint density at radius 2 is 1.23 bits per heavy atom. The summed E-state index contributed by atoms with van der Waals surface area (Å²) >= 11 is 14.2. The number of hydrogen-bond acceptors (Lipinski definition) is 1. The van der Waals surface area contributed by atoms with Crippen molar-refractivity contribution in [3.8, 4) is 0 Å². The number of thioether (sulfide) groups is 1. The Bertz CT molecular complexity index is 654. The lowest BCUT2D eigenvalue weighted by Crippen LogP contribution is -2.28. The first-order valence-corrected chi connectivity index (χ1v) is 9.07. The van der Waals surface area contributed by atoms with Crippen LogP contribution in [0.25, 0.3) is 0 Å². The minimum absolute atomic E-state index is 0.0568. The molecular formula is C19H18Cl2S. The first-order chi connectivity index (χ1) is 10.5. The molecule has 3 heteroatoms. The molecule has 114 valence electrons. The third kappa shape index (κ3) is 2.95. The van der Waals surface area contributed by atoms with Crippen LogP contribution in [0.4, 0.5) is 0 Å². The lowest BCUT2D eigenvalue weighted by molar-refractivity contribution is 0.712. The van der Waals surface area contributed by atoms with Crippen LogP contribution in [0, 0.1) is 0 Å². The van der Waals surface area contributed by atoms with E-state index in [1.165, 1.54) is 22.3 Å². The van der Waals surface area contributed by atoms with E-state index in [-0.39, 0.29) is 4.75 Å². The number of benzene rings is 2. The first-order valence-electron chi connectivity index (χ1n) is 7.32. The van der Waals surface area contributed by atoms with Crippen LogP contribution in [-0.4, -0.2) is 5.75 Å². The van der Waals surface area contributed by atoms with Gasteiger partial charge in [0.25, 0.3) is 0 Å². The fourth-order valence-corrected chi connectivity index (χ4v) is 4.79. The van der Waals surface area contributed by atoms with Gasteiger partial charge in [0.15, 0.2) is 0 Å². The summed E-state index contributed by atoms with van der Waals surface area (Å²) in [7, 11) is 0. The lowest BCUT2D eigenvalue weighted by atomic mass is 9.83. The first kappa shape index (κ1) is 16.0. The zero-order valence-corrected chi connectivity index (χ0v) is 15.0. The van der Waals surface area contributed by atoms with E-state index in [0.717, 1.165) is 22.2 Å². The van der Waals surface area contributed by atoms with Crippen LogP contribution in [0.1, 0.15) is 31.4 Å². The van der Waals surface area contributed by atoms with Crippen molar-refractivity contribution in [1.29, 1.82) is 0 Å². The Balaban J connectivity index is 2.14. The molecule has 0 saturated heterocycles. The predicted octanol–water partition coefficient (Wildman–Crippen LogP) is 6.71. The number of rotatable bonds is 2. The predicted molar refractivity (Wildman–Crippen MR) is 99.1 cm³/mol. The highest BCUT2D eigenvalue weighted by Crippen LogP contribution is 2.51. The molecule has 0 bridgehead atoms. The van der Waals surface area contributed by atoms with Gasteiger partial charge in [-0.1, -0.05) is 58.6 Å². The minimum atomic E-state index is -0.0568. The van der Waals surface area contributed by atoms with Crippen LogP contribution in [-0.2, 0) is 4.75 Å². The van der Waals surface area contributed by atoms with Crippen molar-refractivity contribution in [3.05, 3.63) is 80.8 Å². The van der Waals surface area contributed by atoms with Gasteiger partial charge in [0, 0.05) is 15.8 Å². The Kier molecular flexibility index (Phi) is 4.59. The van der Waals surface area contributed by atoms with E-state index in [2.05, 4.69) is 38.1 Å². The fraction of sp³-hybridized carbons (Fsp3) is 0.263. The third-order valence-corrected chi connectivity index (χ3v) is 6.59. The highest BCUT2D eigenvalue weighted by molar-refractivity contribution is 8.00. The van der Waals surface area contributed by atoms with E-state index < -0.39 is 0 Å². The van der Waals surface area contributed by atoms with E-state index in [1.807, 2.05) is 36.0 Å². The molecule has 0 amide bonds. The van der Waals surface area contributed by atoms with E-state index >= 15 is 0 Å². The summed E-state index contributed by atoms with van der Waals surface area (Å²) < 4.78 is -0.0568. The van der Waals surface area contributed by atoms with Gasteiger partial charge in [-0.05, 0) is 55.7 Å². The number of halogens is 2. The van der Waals surface area contributed by atoms with Crippen LogP contribution >= 0.6 is 35.0 Å². The molecule has 0 spiro atoms. The van der Waals surface area contributed by atoms with Crippen molar-refractivity contribution in [3.63, 3.8) is 0 Å². The van der Waals surface area contributed by atoms with Crippen molar-refractivity contribution in [2.75, 3.05) is 5.75 Å². The van der Waals surface area contributed by atoms with E-state index in [0.29, 0.717) is 0 Å². The zero-order valence-electron chi connectivity index (χ0n) is 12.7. The summed E-state index contributed by atoms with van der Waals surface area (Å²) in [6.45, 7) is 4.48. The van der Waals surface area contributed by atoms with Gasteiger partial charge < -0.3 is 0 Å². The molecule has 0 aliphatic carbocycles. The van der Waals surface area contributed by atoms with Crippen molar-refractivity contribution in [2.24, 2.45) is 0 Å². The normalized spacial score (nSPS) is 17.6. The summed E-state index contributed by atoms with van der Waals surface area (Å²) in [6, 6.07) is 16.5. The van der Waals surface area contributed by atoms with Gasteiger partial charge in [-0.15, -0.1) is 11.8 Å². The van der Waals surface area contributed by atoms with Crippen LogP contribution in [0.15, 0.2) is 59.7 Å². The van der Waals surface area contributed by atoms with Gasteiger partial charge in [-0.25, -0.2) is 0 Å². The third-order valence-electron chi connectivity index (χ3n) is 4.40. The van der Waals surface area contributed by atoms with Crippen LogP contribution in [0.2, 0.25) is 10.0 Å². The maximum atomic E-state index is 6.08. The maximum absolute atomic E-state index is 6.08.